The number of aromatic nitrogens is 2. The van der Waals surface area contributed by atoms with E-state index in [4.69, 9.17) is 14.3 Å². The Bertz CT molecular complexity index is 726. The van der Waals surface area contributed by atoms with Gasteiger partial charge >= 0.3 is 0 Å². The Morgan fingerprint density at radius 3 is 2.54 bits per heavy atom. The lowest BCUT2D eigenvalue weighted by Crippen LogP contribution is -2.34. The van der Waals surface area contributed by atoms with E-state index in [1.807, 2.05) is 43.3 Å². The van der Waals surface area contributed by atoms with Gasteiger partial charge in [0.15, 0.2) is 5.82 Å². The lowest BCUT2D eigenvalue weighted by atomic mass is 9.94. The van der Waals surface area contributed by atoms with E-state index < -0.39 is 0 Å². The van der Waals surface area contributed by atoms with E-state index in [9.17, 15) is 0 Å². The van der Waals surface area contributed by atoms with E-state index in [2.05, 4.69) is 20.3 Å². The summed E-state index contributed by atoms with van der Waals surface area (Å²) in [7, 11) is 1.60. The number of ether oxygens (including phenoxy) is 2. The molecule has 0 aliphatic carbocycles. The summed E-state index contributed by atoms with van der Waals surface area (Å²) in [5, 5.41) is 12.2. The zero-order valence-electron chi connectivity index (χ0n) is 16.6. The largest absolute Gasteiger partial charge is 0.494 e. The molecule has 1 fully saturated rings. The Labute approximate surface area is 166 Å². The fourth-order valence-electron chi connectivity index (χ4n) is 3.21. The maximum atomic E-state index is 5.90. The van der Waals surface area contributed by atoms with Crippen molar-refractivity contribution in [3.05, 3.63) is 42.0 Å². The quantitative estimate of drug-likeness (QED) is 0.487. The molecular formula is C21H28N4O3. The van der Waals surface area contributed by atoms with Crippen LogP contribution in [0.4, 0.5) is 5.82 Å². The van der Waals surface area contributed by atoms with Crippen molar-refractivity contribution >= 4 is 12.0 Å². The molecule has 2 aromatic rings. The van der Waals surface area contributed by atoms with Crippen molar-refractivity contribution < 1.29 is 14.3 Å². The standard InChI is InChI=1S/C21H28N4O3/c1-3-28-22-16-18-4-6-19(7-5-18)27-15-12-17-10-13-25(14-11-17)20-8-9-21(26-2)24-23-20/h4-9,16-17H,3,10-15H2,1-2H3. The predicted octanol–water partition coefficient (Wildman–Crippen LogP) is 3.54. The van der Waals surface area contributed by atoms with Crippen LogP contribution in [0.15, 0.2) is 41.6 Å². The van der Waals surface area contributed by atoms with Gasteiger partial charge in [-0.1, -0.05) is 5.16 Å². The summed E-state index contributed by atoms with van der Waals surface area (Å²) >= 11 is 0. The van der Waals surface area contributed by atoms with E-state index in [0.29, 0.717) is 18.4 Å². The lowest BCUT2D eigenvalue weighted by molar-refractivity contribution is 0.160. The molecule has 3 rings (SSSR count). The van der Waals surface area contributed by atoms with Gasteiger partial charge in [0.2, 0.25) is 5.88 Å². The molecule has 0 atom stereocenters. The summed E-state index contributed by atoms with van der Waals surface area (Å²) < 4.78 is 11.0. The second-order valence-corrected chi connectivity index (χ2v) is 6.72. The molecule has 1 aromatic heterocycles. The molecule has 1 aliphatic rings. The van der Waals surface area contributed by atoms with E-state index in [1.54, 1.807) is 13.3 Å². The van der Waals surface area contributed by atoms with E-state index in [1.165, 1.54) is 0 Å². The van der Waals surface area contributed by atoms with E-state index in [-0.39, 0.29) is 0 Å². The van der Waals surface area contributed by atoms with Crippen LogP contribution in [-0.2, 0) is 4.84 Å². The van der Waals surface area contributed by atoms with Gasteiger partial charge in [0.25, 0.3) is 0 Å². The van der Waals surface area contributed by atoms with Gasteiger partial charge < -0.3 is 19.2 Å². The highest BCUT2D eigenvalue weighted by atomic mass is 16.6. The van der Waals surface area contributed by atoms with Gasteiger partial charge in [-0.2, -0.15) is 0 Å². The molecular weight excluding hydrogens is 356 g/mol. The number of benzene rings is 1. The van der Waals surface area contributed by atoms with Crippen LogP contribution >= 0.6 is 0 Å². The van der Waals surface area contributed by atoms with Gasteiger partial charge in [-0.25, -0.2) is 0 Å². The summed E-state index contributed by atoms with van der Waals surface area (Å²) in [6, 6.07) is 11.7. The molecule has 0 radical (unpaired) electrons. The molecule has 1 aliphatic heterocycles. The van der Waals surface area contributed by atoms with Crippen LogP contribution in [0.3, 0.4) is 0 Å². The summed E-state index contributed by atoms with van der Waals surface area (Å²) in [6.45, 7) is 5.22. The topological polar surface area (TPSA) is 69.1 Å². The molecule has 1 saturated heterocycles. The normalized spacial score (nSPS) is 15.0. The Morgan fingerprint density at radius 1 is 1.11 bits per heavy atom. The molecule has 0 amide bonds. The number of hydrogen-bond acceptors (Lipinski definition) is 7. The molecule has 0 unspecified atom stereocenters. The van der Waals surface area contributed by atoms with Gasteiger partial charge in [-0.05, 0) is 68.0 Å². The van der Waals surface area contributed by atoms with E-state index in [0.717, 1.165) is 56.1 Å². The number of oxime groups is 1. The molecule has 0 spiro atoms. The molecule has 7 heteroatoms. The Hall–Kier alpha value is -2.83. The van der Waals surface area contributed by atoms with Crippen molar-refractivity contribution in [2.75, 3.05) is 38.3 Å². The minimum atomic E-state index is 0.547. The Morgan fingerprint density at radius 2 is 1.89 bits per heavy atom. The van der Waals surface area contributed by atoms with Crippen molar-refractivity contribution in [3.63, 3.8) is 0 Å². The molecule has 150 valence electrons. The molecule has 7 nitrogen and oxygen atoms in total. The number of piperidine rings is 1. The fraction of sp³-hybridized carbons (Fsp3) is 0.476. The van der Waals surface area contributed by atoms with Gasteiger partial charge in [-0.15, -0.1) is 10.2 Å². The van der Waals surface area contributed by atoms with Crippen LogP contribution in [0.5, 0.6) is 11.6 Å². The lowest BCUT2D eigenvalue weighted by Gasteiger charge is -2.32. The zero-order valence-corrected chi connectivity index (χ0v) is 16.6. The summed E-state index contributed by atoms with van der Waals surface area (Å²) in [6.07, 6.45) is 5.05. The predicted molar refractivity (Wildman–Crippen MR) is 109 cm³/mol. The zero-order chi connectivity index (χ0) is 19.6. The van der Waals surface area contributed by atoms with Crippen molar-refractivity contribution in [2.45, 2.75) is 26.2 Å². The van der Waals surface area contributed by atoms with Crippen molar-refractivity contribution in [2.24, 2.45) is 11.1 Å². The van der Waals surface area contributed by atoms with Crippen LogP contribution in [0, 0.1) is 5.92 Å². The maximum absolute atomic E-state index is 5.90. The van der Waals surface area contributed by atoms with Crippen LogP contribution < -0.4 is 14.4 Å². The molecule has 2 heterocycles. The van der Waals surface area contributed by atoms with Crippen molar-refractivity contribution in [1.29, 1.82) is 0 Å². The average Bonchev–Trinajstić information content (AvgIpc) is 2.76. The second kappa shape index (κ2) is 10.5. The van der Waals surface area contributed by atoms with Gasteiger partial charge in [-0.3, -0.25) is 0 Å². The molecule has 1 aromatic carbocycles. The first-order chi connectivity index (χ1) is 13.8. The van der Waals surface area contributed by atoms with E-state index >= 15 is 0 Å². The highest BCUT2D eigenvalue weighted by Crippen LogP contribution is 2.24. The van der Waals surface area contributed by atoms with Gasteiger partial charge in [0, 0.05) is 19.2 Å². The molecule has 0 bridgehead atoms. The van der Waals surface area contributed by atoms with Crippen LogP contribution in [0.2, 0.25) is 0 Å². The minimum Gasteiger partial charge on any atom is -0.494 e. The monoisotopic (exact) mass is 384 g/mol. The first kappa shape index (κ1) is 19.9. The van der Waals surface area contributed by atoms with Gasteiger partial charge in [0.1, 0.15) is 12.4 Å². The molecule has 28 heavy (non-hydrogen) atoms. The first-order valence-electron chi connectivity index (χ1n) is 9.79. The Balaban J connectivity index is 1.37. The fourth-order valence-corrected chi connectivity index (χ4v) is 3.21. The third kappa shape index (κ3) is 5.84. The number of nitrogens with zero attached hydrogens (tertiary/aromatic N) is 4. The van der Waals surface area contributed by atoms with Crippen molar-refractivity contribution in [1.82, 2.24) is 10.2 Å². The second-order valence-electron chi connectivity index (χ2n) is 6.72. The highest BCUT2D eigenvalue weighted by molar-refractivity contribution is 5.79. The number of methoxy groups -OCH3 is 1. The number of anilines is 1. The smallest absolute Gasteiger partial charge is 0.233 e. The van der Waals surface area contributed by atoms with Crippen LogP contribution in [0.1, 0.15) is 31.7 Å². The summed E-state index contributed by atoms with van der Waals surface area (Å²) in [4.78, 5) is 7.25. The third-order valence-corrected chi connectivity index (χ3v) is 4.85. The van der Waals surface area contributed by atoms with Crippen LogP contribution in [-0.4, -0.2) is 49.8 Å². The molecule has 0 N–H and O–H groups in total. The molecule has 0 saturated carbocycles. The average molecular weight is 384 g/mol. The summed E-state index contributed by atoms with van der Waals surface area (Å²) in [5.74, 6) is 3.04. The SMILES string of the molecule is CCON=Cc1ccc(OCCC2CCN(c3ccc(OC)nn3)CC2)cc1. The minimum absolute atomic E-state index is 0.547. The van der Waals surface area contributed by atoms with Crippen molar-refractivity contribution in [3.8, 4) is 11.6 Å². The summed E-state index contributed by atoms with van der Waals surface area (Å²) in [5.41, 5.74) is 0.995. The van der Waals surface area contributed by atoms with Crippen LogP contribution in [0.25, 0.3) is 0 Å². The highest BCUT2D eigenvalue weighted by Gasteiger charge is 2.20. The Kier molecular flexibility index (Phi) is 7.46. The third-order valence-electron chi connectivity index (χ3n) is 4.85. The maximum Gasteiger partial charge on any atom is 0.233 e. The van der Waals surface area contributed by atoms with Gasteiger partial charge in [0.05, 0.1) is 19.9 Å². The first-order valence-corrected chi connectivity index (χ1v) is 9.79. The number of rotatable bonds is 9. The number of hydrogen-bond donors (Lipinski definition) is 0.